The van der Waals surface area contributed by atoms with Crippen LogP contribution < -0.4 is 5.32 Å². The summed E-state index contributed by atoms with van der Waals surface area (Å²) in [5, 5.41) is 4.98. The Morgan fingerprint density at radius 3 is 2.54 bits per heavy atom. The topological polar surface area (TPSA) is 42.0 Å². The third kappa shape index (κ3) is 5.19. The molecule has 0 saturated carbocycles. The maximum absolute atomic E-state index is 12.3. The fourth-order valence-electron chi connectivity index (χ4n) is 2.52. The molecule has 3 rings (SSSR count). The van der Waals surface area contributed by atoms with E-state index in [9.17, 15) is 4.79 Å². The number of halogens is 1. The van der Waals surface area contributed by atoms with Crippen molar-refractivity contribution in [1.82, 2.24) is 4.98 Å². The maximum Gasteiger partial charge on any atom is 0.230 e. The quantitative estimate of drug-likeness (QED) is 0.472. The molecule has 1 N–H and O–H groups in total. The summed E-state index contributed by atoms with van der Waals surface area (Å²) < 4.78 is 2.07. The van der Waals surface area contributed by atoms with Crippen molar-refractivity contribution < 1.29 is 4.79 Å². The van der Waals surface area contributed by atoms with Crippen LogP contribution in [-0.4, -0.2) is 10.9 Å². The van der Waals surface area contributed by atoms with Gasteiger partial charge in [-0.3, -0.25) is 4.79 Å². The molecule has 3 nitrogen and oxygen atoms in total. The van der Waals surface area contributed by atoms with Crippen LogP contribution in [0.2, 0.25) is 0 Å². The first-order chi connectivity index (χ1) is 12.5. The van der Waals surface area contributed by atoms with E-state index in [1.54, 1.807) is 23.1 Å². The minimum absolute atomic E-state index is 0.0304. The summed E-state index contributed by atoms with van der Waals surface area (Å²) >= 11 is 6.73. The van der Waals surface area contributed by atoms with E-state index in [-0.39, 0.29) is 5.91 Å². The number of carbonyl (C=O) groups is 1. The first-order valence-electron chi connectivity index (χ1n) is 8.19. The molecular formula is C20H19BrN2OS2. The van der Waals surface area contributed by atoms with Gasteiger partial charge in [-0.05, 0) is 42.7 Å². The van der Waals surface area contributed by atoms with Crippen LogP contribution in [0.25, 0.3) is 0 Å². The number of carbonyl (C=O) groups excluding carboxylic acids is 1. The highest BCUT2D eigenvalue weighted by molar-refractivity contribution is 9.10. The third-order valence-corrected chi connectivity index (χ3v) is 6.56. The van der Waals surface area contributed by atoms with Crippen LogP contribution in [0.3, 0.4) is 0 Å². The van der Waals surface area contributed by atoms with Gasteiger partial charge in [-0.15, -0.1) is 11.3 Å². The number of aryl methyl sites for hydroxylation is 2. The molecule has 0 aliphatic rings. The van der Waals surface area contributed by atoms with Crippen LogP contribution in [-0.2, 0) is 17.0 Å². The van der Waals surface area contributed by atoms with Gasteiger partial charge in [-0.1, -0.05) is 58.0 Å². The Kier molecular flexibility index (Phi) is 6.51. The Hall–Kier alpha value is -1.63. The minimum atomic E-state index is -0.0304. The van der Waals surface area contributed by atoms with Crippen LogP contribution >= 0.6 is 39.0 Å². The van der Waals surface area contributed by atoms with Gasteiger partial charge in [-0.2, -0.15) is 0 Å². The zero-order chi connectivity index (χ0) is 18.5. The molecule has 0 fully saturated rings. The number of nitrogens with one attached hydrogen (secondary N) is 1. The van der Waals surface area contributed by atoms with E-state index in [1.165, 1.54) is 5.56 Å². The molecule has 1 aromatic heterocycles. The van der Waals surface area contributed by atoms with E-state index < -0.39 is 0 Å². The van der Waals surface area contributed by atoms with E-state index in [2.05, 4.69) is 38.4 Å². The Balaban J connectivity index is 1.56. The average Bonchev–Trinajstić information content (AvgIpc) is 3.05. The first-order valence-corrected chi connectivity index (χ1v) is 10.8. The van der Waals surface area contributed by atoms with E-state index >= 15 is 0 Å². The van der Waals surface area contributed by atoms with E-state index in [0.717, 1.165) is 37.1 Å². The number of hydrogen-bond acceptors (Lipinski definition) is 4. The van der Waals surface area contributed by atoms with Crippen molar-refractivity contribution in [1.29, 1.82) is 0 Å². The predicted octanol–water partition coefficient (Wildman–Crippen LogP) is 6.00. The number of thioether (sulfide) groups is 1. The average molecular weight is 447 g/mol. The van der Waals surface area contributed by atoms with Crippen molar-refractivity contribution in [3.63, 3.8) is 0 Å². The first kappa shape index (κ1) is 19.1. The Labute approximate surface area is 170 Å². The second-order valence-corrected chi connectivity index (χ2v) is 9.01. The van der Waals surface area contributed by atoms with E-state index in [0.29, 0.717) is 6.42 Å². The number of anilines is 1. The number of rotatable bonds is 6. The molecule has 2 aromatic carbocycles. The summed E-state index contributed by atoms with van der Waals surface area (Å²) in [6.07, 6.45) is 0.295. The number of hydrogen-bond donors (Lipinski definition) is 1. The van der Waals surface area contributed by atoms with Crippen LogP contribution in [0.15, 0.2) is 56.7 Å². The molecule has 6 heteroatoms. The van der Waals surface area contributed by atoms with Gasteiger partial charge in [-0.25, -0.2) is 4.98 Å². The number of aromatic nitrogens is 1. The standard InChI is InChI=1S/C20H19BrN2OS2/c1-13-4-3-5-14(2)19(13)23-18(24)10-17-12-26-20(22-17)25-11-15-6-8-16(21)9-7-15/h3-9,12H,10-11H2,1-2H3,(H,23,24). The lowest BCUT2D eigenvalue weighted by molar-refractivity contribution is -0.115. The fourth-order valence-corrected chi connectivity index (χ4v) is 4.59. The second kappa shape index (κ2) is 8.84. The Morgan fingerprint density at radius 1 is 1.15 bits per heavy atom. The highest BCUT2D eigenvalue weighted by Crippen LogP contribution is 2.27. The number of amides is 1. The molecule has 0 aliphatic carbocycles. The smallest absolute Gasteiger partial charge is 0.230 e. The number of thiazole rings is 1. The van der Waals surface area contributed by atoms with Crippen molar-refractivity contribution in [2.24, 2.45) is 0 Å². The molecule has 1 heterocycles. The summed E-state index contributed by atoms with van der Waals surface area (Å²) in [5.41, 5.74) is 5.11. The van der Waals surface area contributed by atoms with Crippen LogP contribution in [0.5, 0.6) is 0 Å². The SMILES string of the molecule is Cc1cccc(C)c1NC(=O)Cc1csc(SCc2ccc(Br)cc2)n1. The van der Waals surface area contributed by atoms with Crippen LogP contribution in [0, 0.1) is 13.8 Å². The van der Waals surface area contributed by atoms with Crippen molar-refractivity contribution in [3.8, 4) is 0 Å². The monoisotopic (exact) mass is 446 g/mol. The Morgan fingerprint density at radius 2 is 1.85 bits per heavy atom. The normalized spacial score (nSPS) is 10.7. The molecule has 0 atom stereocenters. The number of benzene rings is 2. The second-order valence-electron chi connectivity index (χ2n) is 6.01. The summed E-state index contributed by atoms with van der Waals surface area (Å²) in [6.45, 7) is 4.00. The lowest BCUT2D eigenvalue weighted by Crippen LogP contribution is -2.16. The molecule has 26 heavy (non-hydrogen) atoms. The highest BCUT2D eigenvalue weighted by atomic mass is 79.9. The molecule has 0 spiro atoms. The maximum atomic E-state index is 12.3. The summed E-state index contributed by atoms with van der Waals surface area (Å²) in [6, 6.07) is 14.3. The fraction of sp³-hybridized carbons (Fsp3) is 0.200. The molecular weight excluding hydrogens is 428 g/mol. The van der Waals surface area contributed by atoms with Gasteiger partial charge in [0.25, 0.3) is 0 Å². The van der Waals surface area contributed by atoms with Gasteiger partial charge in [0.15, 0.2) is 0 Å². The van der Waals surface area contributed by atoms with Crippen molar-refractivity contribution in [2.75, 3.05) is 5.32 Å². The summed E-state index contributed by atoms with van der Waals surface area (Å²) in [4.78, 5) is 16.9. The van der Waals surface area contributed by atoms with Gasteiger partial charge >= 0.3 is 0 Å². The molecule has 3 aromatic rings. The molecule has 0 radical (unpaired) electrons. The van der Waals surface area contributed by atoms with Crippen LogP contribution in [0.4, 0.5) is 5.69 Å². The number of para-hydroxylation sites is 1. The van der Waals surface area contributed by atoms with E-state index in [1.807, 2.05) is 49.6 Å². The van der Waals surface area contributed by atoms with Gasteiger partial charge in [0.05, 0.1) is 12.1 Å². The minimum Gasteiger partial charge on any atom is -0.325 e. The zero-order valence-electron chi connectivity index (χ0n) is 14.6. The summed E-state index contributed by atoms with van der Waals surface area (Å²) in [5.74, 6) is 0.839. The third-order valence-electron chi connectivity index (χ3n) is 3.89. The van der Waals surface area contributed by atoms with Crippen LogP contribution in [0.1, 0.15) is 22.4 Å². The molecule has 0 bridgehead atoms. The van der Waals surface area contributed by atoms with Gasteiger partial charge < -0.3 is 5.32 Å². The van der Waals surface area contributed by atoms with Crippen molar-refractivity contribution in [2.45, 2.75) is 30.4 Å². The predicted molar refractivity (Wildman–Crippen MR) is 114 cm³/mol. The molecule has 1 amide bonds. The van der Waals surface area contributed by atoms with Gasteiger partial charge in [0.2, 0.25) is 5.91 Å². The molecule has 134 valence electrons. The lowest BCUT2D eigenvalue weighted by Gasteiger charge is -2.10. The zero-order valence-corrected chi connectivity index (χ0v) is 17.8. The molecule has 0 unspecified atom stereocenters. The highest BCUT2D eigenvalue weighted by Gasteiger charge is 2.11. The van der Waals surface area contributed by atoms with Crippen molar-refractivity contribution >= 4 is 50.6 Å². The lowest BCUT2D eigenvalue weighted by atomic mass is 10.1. The molecule has 0 saturated heterocycles. The Bertz CT molecular complexity index is 886. The molecule has 0 aliphatic heterocycles. The van der Waals surface area contributed by atoms with Gasteiger partial charge in [0.1, 0.15) is 4.34 Å². The number of nitrogens with zero attached hydrogens (tertiary/aromatic N) is 1. The largest absolute Gasteiger partial charge is 0.325 e. The van der Waals surface area contributed by atoms with Gasteiger partial charge in [0, 0.05) is 21.3 Å². The summed E-state index contributed by atoms with van der Waals surface area (Å²) in [7, 11) is 0. The van der Waals surface area contributed by atoms with Crippen molar-refractivity contribution in [3.05, 3.63) is 74.7 Å². The van der Waals surface area contributed by atoms with E-state index in [4.69, 9.17) is 0 Å².